The summed E-state index contributed by atoms with van der Waals surface area (Å²) in [6, 6.07) is 6.29. The van der Waals surface area contributed by atoms with Crippen LogP contribution in [0, 0.1) is 0 Å². The number of ether oxygens (including phenoxy) is 1. The largest absolute Gasteiger partial charge is 0.494 e. The zero-order valence-corrected chi connectivity index (χ0v) is 12.1. The first-order valence-corrected chi connectivity index (χ1v) is 8.31. The molecular weight excluding hydrogens is 280 g/mol. The van der Waals surface area contributed by atoms with Gasteiger partial charge in [-0.2, -0.15) is 0 Å². The minimum Gasteiger partial charge on any atom is -0.494 e. The second kappa shape index (κ2) is 6.13. The van der Waals surface area contributed by atoms with Gasteiger partial charge in [-0.25, -0.2) is 13.2 Å². The van der Waals surface area contributed by atoms with Crippen molar-refractivity contribution in [1.82, 2.24) is 5.32 Å². The number of sulfone groups is 1. The van der Waals surface area contributed by atoms with E-state index in [4.69, 9.17) is 4.74 Å². The Morgan fingerprint density at radius 1 is 1.35 bits per heavy atom. The molecule has 1 aliphatic rings. The van der Waals surface area contributed by atoms with Crippen molar-refractivity contribution in [3.05, 3.63) is 24.3 Å². The highest BCUT2D eigenvalue weighted by atomic mass is 32.2. The second-order valence-corrected chi connectivity index (χ2v) is 6.88. The molecule has 1 atom stereocenters. The lowest BCUT2D eigenvalue weighted by atomic mass is 10.3. The minimum absolute atomic E-state index is 0.0176. The highest BCUT2D eigenvalue weighted by Gasteiger charge is 2.28. The Morgan fingerprint density at radius 3 is 2.60 bits per heavy atom. The van der Waals surface area contributed by atoms with Crippen LogP contribution in [0.5, 0.6) is 5.75 Å². The summed E-state index contributed by atoms with van der Waals surface area (Å²) in [5, 5.41) is 5.33. The van der Waals surface area contributed by atoms with Gasteiger partial charge in [0.1, 0.15) is 5.75 Å². The van der Waals surface area contributed by atoms with Crippen LogP contribution < -0.4 is 15.4 Å². The lowest BCUT2D eigenvalue weighted by molar-refractivity contribution is 0.249. The van der Waals surface area contributed by atoms with Crippen molar-refractivity contribution in [3.63, 3.8) is 0 Å². The number of rotatable bonds is 4. The van der Waals surface area contributed by atoms with Crippen LogP contribution in [0.3, 0.4) is 0 Å². The zero-order valence-electron chi connectivity index (χ0n) is 11.3. The average molecular weight is 298 g/mol. The Morgan fingerprint density at radius 2 is 2.05 bits per heavy atom. The van der Waals surface area contributed by atoms with E-state index in [0.29, 0.717) is 18.7 Å². The second-order valence-electron chi connectivity index (χ2n) is 4.66. The molecule has 1 fully saturated rings. The van der Waals surface area contributed by atoms with Gasteiger partial charge in [0.15, 0.2) is 9.84 Å². The summed E-state index contributed by atoms with van der Waals surface area (Å²) in [7, 11) is -2.98. The number of hydrogen-bond donors (Lipinski definition) is 2. The highest BCUT2D eigenvalue weighted by molar-refractivity contribution is 7.91. The number of anilines is 1. The highest BCUT2D eigenvalue weighted by Crippen LogP contribution is 2.16. The quantitative estimate of drug-likeness (QED) is 0.880. The molecule has 1 aliphatic heterocycles. The van der Waals surface area contributed by atoms with E-state index in [1.807, 2.05) is 6.92 Å². The van der Waals surface area contributed by atoms with Crippen LogP contribution in [-0.4, -0.2) is 38.6 Å². The lowest BCUT2D eigenvalue weighted by Gasteiger charge is -2.12. The molecule has 0 radical (unpaired) electrons. The number of urea groups is 1. The van der Waals surface area contributed by atoms with Gasteiger partial charge in [-0.3, -0.25) is 0 Å². The maximum Gasteiger partial charge on any atom is 0.319 e. The summed E-state index contributed by atoms with van der Waals surface area (Å²) < 4.78 is 27.9. The first-order chi connectivity index (χ1) is 9.48. The SMILES string of the molecule is CCOc1ccc(NC(=O)N[C@@H]2CCS(=O)(=O)C2)cc1. The molecule has 1 saturated heterocycles. The van der Waals surface area contributed by atoms with Crippen molar-refractivity contribution in [2.75, 3.05) is 23.4 Å². The fourth-order valence-corrected chi connectivity index (χ4v) is 3.74. The first-order valence-electron chi connectivity index (χ1n) is 6.49. The topological polar surface area (TPSA) is 84.5 Å². The summed E-state index contributed by atoms with van der Waals surface area (Å²) in [5.41, 5.74) is 0.631. The van der Waals surface area contributed by atoms with Crippen LogP contribution in [0.2, 0.25) is 0 Å². The van der Waals surface area contributed by atoms with Crippen molar-refractivity contribution in [2.24, 2.45) is 0 Å². The third kappa shape index (κ3) is 4.12. The van der Waals surface area contributed by atoms with Crippen molar-refractivity contribution in [3.8, 4) is 5.75 Å². The molecule has 7 heteroatoms. The van der Waals surface area contributed by atoms with E-state index in [0.717, 1.165) is 5.75 Å². The number of benzene rings is 1. The van der Waals surface area contributed by atoms with Crippen molar-refractivity contribution >= 4 is 21.6 Å². The molecule has 0 unspecified atom stereocenters. The van der Waals surface area contributed by atoms with Crippen molar-refractivity contribution in [2.45, 2.75) is 19.4 Å². The van der Waals surface area contributed by atoms with Crippen LogP contribution in [0.15, 0.2) is 24.3 Å². The maximum atomic E-state index is 11.7. The van der Waals surface area contributed by atoms with E-state index in [9.17, 15) is 13.2 Å². The zero-order chi connectivity index (χ0) is 14.6. The van der Waals surface area contributed by atoms with Gasteiger partial charge in [0.2, 0.25) is 0 Å². The number of nitrogens with one attached hydrogen (secondary N) is 2. The van der Waals surface area contributed by atoms with Crippen molar-refractivity contribution < 1.29 is 17.9 Å². The van der Waals surface area contributed by atoms with Gasteiger partial charge in [0.25, 0.3) is 0 Å². The first kappa shape index (κ1) is 14.6. The van der Waals surface area contributed by atoms with E-state index in [1.54, 1.807) is 24.3 Å². The molecule has 0 spiro atoms. The fourth-order valence-electron chi connectivity index (χ4n) is 2.06. The predicted molar refractivity (Wildman–Crippen MR) is 76.8 cm³/mol. The van der Waals surface area contributed by atoms with Crippen LogP contribution in [0.25, 0.3) is 0 Å². The van der Waals surface area contributed by atoms with Gasteiger partial charge < -0.3 is 15.4 Å². The van der Waals surface area contributed by atoms with Gasteiger partial charge in [-0.05, 0) is 37.6 Å². The van der Waals surface area contributed by atoms with E-state index in [1.165, 1.54) is 0 Å². The molecule has 0 aromatic heterocycles. The molecular formula is C13H18N2O4S. The summed E-state index contributed by atoms with van der Waals surface area (Å²) in [6.07, 6.45) is 0.471. The Bertz CT molecular complexity index is 569. The molecule has 20 heavy (non-hydrogen) atoms. The summed E-state index contributed by atoms with van der Waals surface area (Å²) >= 11 is 0. The third-order valence-corrected chi connectivity index (χ3v) is 4.76. The molecule has 1 aromatic carbocycles. The molecule has 0 saturated carbocycles. The fraction of sp³-hybridized carbons (Fsp3) is 0.462. The monoisotopic (exact) mass is 298 g/mol. The van der Waals surface area contributed by atoms with E-state index in [2.05, 4.69) is 10.6 Å². The summed E-state index contributed by atoms with van der Waals surface area (Å²) in [4.78, 5) is 11.7. The Kier molecular flexibility index (Phi) is 4.49. The molecule has 6 nitrogen and oxygen atoms in total. The number of carbonyl (C=O) groups is 1. The Balaban J connectivity index is 1.85. The third-order valence-electron chi connectivity index (χ3n) is 2.99. The van der Waals surface area contributed by atoms with Crippen LogP contribution >= 0.6 is 0 Å². The average Bonchev–Trinajstić information content (AvgIpc) is 2.71. The maximum absolute atomic E-state index is 11.7. The van der Waals surface area contributed by atoms with Gasteiger partial charge >= 0.3 is 6.03 Å². The van der Waals surface area contributed by atoms with E-state index >= 15 is 0 Å². The van der Waals surface area contributed by atoms with Crippen molar-refractivity contribution in [1.29, 1.82) is 0 Å². The van der Waals surface area contributed by atoms with Crippen LogP contribution in [0.1, 0.15) is 13.3 Å². The molecule has 2 rings (SSSR count). The van der Waals surface area contributed by atoms with Gasteiger partial charge in [-0.15, -0.1) is 0 Å². The Hall–Kier alpha value is -1.76. The van der Waals surface area contributed by atoms with E-state index in [-0.39, 0.29) is 17.5 Å². The smallest absolute Gasteiger partial charge is 0.319 e. The Labute approximate surface area is 118 Å². The molecule has 110 valence electrons. The molecule has 0 aliphatic carbocycles. The lowest BCUT2D eigenvalue weighted by Crippen LogP contribution is -2.38. The molecule has 2 amide bonds. The van der Waals surface area contributed by atoms with Crippen LogP contribution in [0.4, 0.5) is 10.5 Å². The molecule has 2 N–H and O–H groups in total. The standard InChI is InChI=1S/C13H18N2O4S/c1-2-19-12-5-3-10(4-6-12)14-13(16)15-11-7-8-20(17,18)9-11/h3-6,11H,2,7-9H2,1H3,(H2,14,15,16)/t11-/m1/s1. The van der Waals surface area contributed by atoms with E-state index < -0.39 is 15.9 Å². The van der Waals surface area contributed by atoms with Gasteiger partial charge in [-0.1, -0.05) is 0 Å². The number of hydrogen-bond acceptors (Lipinski definition) is 4. The molecule has 0 bridgehead atoms. The summed E-state index contributed by atoms with van der Waals surface area (Å²) in [5.74, 6) is 0.894. The minimum atomic E-state index is -2.98. The molecule has 1 heterocycles. The predicted octanol–water partition coefficient (Wildman–Crippen LogP) is 1.39. The normalized spacial score (nSPS) is 20.4. The number of amides is 2. The van der Waals surface area contributed by atoms with Gasteiger partial charge in [0, 0.05) is 11.7 Å². The summed E-state index contributed by atoms with van der Waals surface area (Å²) in [6.45, 7) is 2.48. The van der Waals surface area contributed by atoms with Crippen LogP contribution in [-0.2, 0) is 9.84 Å². The molecule has 1 aromatic rings. The van der Waals surface area contributed by atoms with Gasteiger partial charge in [0.05, 0.1) is 18.1 Å². The number of carbonyl (C=O) groups excluding carboxylic acids is 1.